The lowest BCUT2D eigenvalue weighted by Crippen LogP contribution is -2.37. The van der Waals surface area contributed by atoms with E-state index >= 15 is 0 Å². The molecule has 3 heteroatoms. The van der Waals surface area contributed by atoms with Crippen molar-refractivity contribution in [3.63, 3.8) is 0 Å². The zero-order valence-electron chi connectivity index (χ0n) is 10.5. The minimum atomic E-state index is -0.102. The number of rotatable bonds is 3. The molecule has 1 aliphatic heterocycles. The van der Waals surface area contributed by atoms with Gasteiger partial charge >= 0.3 is 0 Å². The van der Waals surface area contributed by atoms with E-state index in [0.29, 0.717) is 11.5 Å². The lowest BCUT2D eigenvalue weighted by molar-refractivity contribution is 0.171. The Morgan fingerprint density at radius 3 is 3.00 bits per heavy atom. The van der Waals surface area contributed by atoms with E-state index in [1.165, 1.54) is 12.8 Å². The van der Waals surface area contributed by atoms with Gasteiger partial charge in [0.15, 0.2) is 0 Å². The molecule has 0 amide bonds. The minimum Gasteiger partial charge on any atom is -0.330 e. The maximum atomic E-state index is 13.4. The number of nitrogens with zero attached hydrogens (tertiary/aromatic N) is 1. The van der Waals surface area contributed by atoms with Crippen molar-refractivity contribution in [2.45, 2.75) is 26.3 Å². The second-order valence-electron chi connectivity index (χ2n) is 5.06. The highest BCUT2D eigenvalue weighted by molar-refractivity contribution is 5.23. The SMILES string of the molecule is Cc1ccc(CN2CCCC(CN)C2)cc1F. The fourth-order valence-electron chi connectivity index (χ4n) is 2.48. The molecule has 1 unspecified atom stereocenters. The number of hydrogen-bond donors (Lipinski definition) is 1. The summed E-state index contributed by atoms with van der Waals surface area (Å²) >= 11 is 0. The van der Waals surface area contributed by atoms with Crippen LogP contribution in [0.3, 0.4) is 0 Å². The fraction of sp³-hybridized carbons (Fsp3) is 0.571. The van der Waals surface area contributed by atoms with Gasteiger partial charge in [-0.1, -0.05) is 12.1 Å². The van der Waals surface area contributed by atoms with E-state index in [2.05, 4.69) is 4.90 Å². The van der Waals surface area contributed by atoms with Gasteiger partial charge in [0.1, 0.15) is 5.82 Å². The third-order valence-electron chi connectivity index (χ3n) is 3.58. The Balaban J connectivity index is 1.97. The topological polar surface area (TPSA) is 29.3 Å². The van der Waals surface area contributed by atoms with Gasteiger partial charge in [-0.2, -0.15) is 0 Å². The van der Waals surface area contributed by atoms with E-state index in [1.807, 2.05) is 12.1 Å². The summed E-state index contributed by atoms with van der Waals surface area (Å²) in [5.41, 5.74) is 7.49. The van der Waals surface area contributed by atoms with Gasteiger partial charge in [0.2, 0.25) is 0 Å². The summed E-state index contributed by atoms with van der Waals surface area (Å²) in [5, 5.41) is 0. The Kier molecular flexibility index (Phi) is 4.13. The summed E-state index contributed by atoms with van der Waals surface area (Å²) in [6.45, 7) is 5.55. The van der Waals surface area contributed by atoms with Crippen LogP contribution in [-0.4, -0.2) is 24.5 Å². The van der Waals surface area contributed by atoms with E-state index in [-0.39, 0.29) is 5.82 Å². The van der Waals surface area contributed by atoms with Crippen molar-refractivity contribution in [2.75, 3.05) is 19.6 Å². The number of halogens is 1. The normalized spacial score (nSPS) is 21.7. The van der Waals surface area contributed by atoms with Crippen molar-refractivity contribution in [2.24, 2.45) is 11.7 Å². The Morgan fingerprint density at radius 2 is 2.29 bits per heavy atom. The van der Waals surface area contributed by atoms with Gasteiger partial charge in [-0.25, -0.2) is 4.39 Å². The van der Waals surface area contributed by atoms with Crippen molar-refractivity contribution in [3.05, 3.63) is 35.1 Å². The summed E-state index contributed by atoms with van der Waals surface area (Å²) < 4.78 is 13.4. The first-order valence-electron chi connectivity index (χ1n) is 6.36. The highest BCUT2D eigenvalue weighted by atomic mass is 19.1. The van der Waals surface area contributed by atoms with E-state index in [9.17, 15) is 4.39 Å². The van der Waals surface area contributed by atoms with Crippen LogP contribution in [0.25, 0.3) is 0 Å². The maximum Gasteiger partial charge on any atom is 0.126 e. The Hall–Kier alpha value is -0.930. The van der Waals surface area contributed by atoms with Crippen molar-refractivity contribution in [1.29, 1.82) is 0 Å². The minimum absolute atomic E-state index is 0.102. The van der Waals surface area contributed by atoms with Crippen LogP contribution < -0.4 is 5.73 Å². The van der Waals surface area contributed by atoms with Crippen LogP contribution in [0.1, 0.15) is 24.0 Å². The number of likely N-dealkylation sites (tertiary alicyclic amines) is 1. The quantitative estimate of drug-likeness (QED) is 0.872. The second-order valence-corrected chi connectivity index (χ2v) is 5.06. The molecule has 2 N–H and O–H groups in total. The zero-order valence-corrected chi connectivity index (χ0v) is 10.5. The highest BCUT2D eigenvalue weighted by Crippen LogP contribution is 2.18. The molecule has 0 aliphatic carbocycles. The average Bonchev–Trinajstić information content (AvgIpc) is 2.34. The van der Waals surface area contributed by atoms with Crippen molar-refractivity contribution in [1.82, 2.24) is 4.90 Å². The third kappa shape index (κ3) is 3.27. The molecule has 0 radical (unpaired) electrons. The van der Waals surface area contributed by atoms with Gasteiger partial charge in [0.25, 0.3) is 0 Å². The number of piperidine rings is 1. The smallest absolute Gasteiger partial charge is 0.126 e. The summed E-state index contributed by atoms with van der Waals surface area (Å²) in [7, 11) is 0. The van der Waals surface area contributed by atoms with Gasteiger partial charge in [-0.3, -0.25) is 4.90 Å². The molecule has 17 heavy (non-hydrogen) atoms. The summed E-state index contributed by atoms with van der Waals surface area (Å²) in [6, 6.07) is 5.53. The van der Waals surface area contributed by atoms with Crippen LogP contribution in [0.2, 0.25) is 0 Å². The molecule has 0 spiro atoms. The number of benzene rings is 1. The number of hydrogen-bond acceptors (Lipinski definition) is 2. The first kappa shape index (κ1) is 12.5. The predicted molar refractivity (Wildman–Crippen MR) is 68.2 cm³/mol. The fourth-order valence-corrected chi connectivity index (χ4v) is 2.48. The molecule has 0 aromatic heterocycles. The zero-order chi connectivity index (χ0) is 12.3. The molecule has 0 bridgehead atoms. The van der Waals surface area contributed by atoms with Crippen LogP contribution in [-0.2, 0) is 6.54 Å². The molecular formula is C14H21FN2. The Morgan fingerprint density at radius 1 is 1.47 bits per heavy atom. The maximum absolute atomic E-state index is 13.4. The lowest BCUT2D eigenvalue weighted by atomic mass is 9.98. The summed E-state index contributed by atoms with van der Waals surface area (Å²) in [5.74, 6) is 0.508. The molecular weight excluding hydrogens is 215 g/mol. The Bertz CT molecular complexity index is 378. The summed E-state index contributed by atoms with van der Waals surface area (Å²) in [6.07, 6.45) is 2.44. The van der Waals surface area contributed by atoms with Crippen molar-refractivity contribution < 1.29 is 4.39 Å². The lowest BCUT2D eigenvalue weighted by Gasteiger charge is -2.32. The van der Waals surface area contributed by atoms with Crippen LogP contribution >= 0.6 is 0 Å². The molecule has 94 valence electrons. The monoisotopic (exact) mass is 236 g/mol. The largest absolute Gasteiger partial charge is 0.330 e. The highest BCUT2D eigenvalue weighted by Gasteiger charge is 2.18. The van der Waals surface area contributed by atoms with E-state index in [0.717, 1.165) is 31.7 Å². The average molecular weight is 236 g/mol. The van der Waals surface area contributed by atoms with E-state index in [4.69, 9.17) is 5.73 Å². The van der Waals surface area contributed by atoms with E-state index < -0.39 is 0 Å². The Labute approximate surface area is 103 Å². The molecule has 2 nitrogen and oxygen atoms in total. The van der Waals surface area contributed by atoms with Crippen LogP contribution in [0.5, 0.6) is 0 Å². The number of aryl methyl sites for hydroxylation is 1. The molecule has 1 saturated heterocycles. The molecule has 1 atom stereocenters. The number of nitrogens with two attached hydrogens (primary N) is 1. The van der Waals surface area contributed by atoms with Gasteiger partial charge in [-0.05, 0) is 56.0 Å². The predicted octanol–water partition coefficient (Wildman–Crippen LogP) is 2.30. The first-order valence-corrected chi connectivity index (χ1v) is 6.36. The van der Waals surface area contributed by atoms with Crippen molar-refractivity contribution in [3.8, 4) is 0 Å². The molecule has 1 aromatic rings. The molecule has 0 saturated carbocycles. The second kappa shape index (κ2) is 5.61. The van der Waals surface area contributed by atoms with E-state index in [1.54, 1.807) is 13.0 Å². The molecule has 1 aliphatic rings. The standard InChI is InChI=1S/C14H21FN2/c1-11-4-5-12(7-14(11)15)9-17-6-2-3-13(8-16)10-17/h4-5,7,13H,2-3,6,8-10,16H2,1H3. The van der Waals surface area contributed by atoms with Crippen LogP contribution in [0.15, 0.2) is 18.2 Å². The van der Waals surface area contributed by atoms with Gasteiger partial charge in [-0.15, -0.1) is 0 Å². The van der Waals surface area contributed by atoms with Gasteiger partial charge < -0.3 is 5.73 Å². The molecule has 1 fully saturated rings. The van der Waals surface area contributed by atoms with Crippen LogP contribution in [0, 0.1) is 18.7 Å². The molecule has 2 rings (SSSR count). The van der Waals surface area contributed by atoms with Crippen molar-refractivity contribution >= 4 is 0 Å². The van der Waals surface area contributed by atoms with Gasteiger partial charge in [0, 0.05) is 13.1 Å². The molecule has 1 aromatic carbocycles. The van der Waals surface area contributed by atoms with Gasteiger partial charge in [0.05, 0.1) is 0 Å². The summed E-state index contributed by atoms with van der Waals surface area (Å²) in [4.78, 5) is 2.38. The van der Waals surface area contributed by atoms with Crippen LogP contribution in [0.4, 0.5) is 4.39 Å². The third-order valence-corrected chi connectivity index (χ3v) is 3.58. The molecule has 1 heterocycles. The first-order chi connectivity index (χ1) is 8.19.